The molecule has 16 heavy (non-hydrogen) atoms. The van der Waals surface area contributed by atoms with Crippen molar-refractivity contribution in [3.63, 3.8) is 0 Å². The summed E-state index contributed by atoms with van der Waals surface area (Å²) >= 11 is 0. The average molecular weight is 223 g/mol. The van der Waals surface area contributed by atoms with Crippen LogP contribution in [-0.2, 0) is 4.79 Å². The van der Waals surface area contributed by atoms with Gasteiger partial charge in [0.1, 0.15) is 0 Å². The second-order valence-electron chi connectivity index (χ2n) is 5.08. The lowest BCUT2D eigenvalue weighted by atomic mass is 9.89. The van der Waals surface area contributed by atoms with Gasteiger partial charge in [-0.15, -0.1) is 0 Å². The first-order valence-corrected chi connectivity index (χ1v) is 5.94. The van der Waals surface area contributed by atoms with Crippen LogP contribution in [0.4, 0.5) is 0 Å². The van der Waals surface area contributed by atoms with Gasteiger partial charge in [-0.25, -0.2) is 0 Å². The molecule has 0 spiro atoms. The van der Waals surface area contributed by atoms with Crippen molar-refractivity contribution in [2.45, 2.75) is 33.1 Å². The van der Waals surface area contributed by atoms with E-state index in [9.17, 15) is 4.79 Å². The Bertz CT molecular complexity index is 280. The third kappa shape index (κ3) is 4.63. The van der Waals surface area contributed by atoms with E-state index in [1.54, 1.807) is 0 Å². The zero-order valence-corrected chi connectivity index (χ0v) is 10.3. The van der Waals surface area contributed by atoms with Crippen LogP contribution in [0.25, 0.3) is 0 Å². The van der Waals surface area contributed by atoms with Crippen molar-refractivity contribution in [2.24, 2.45) is 5.41 Å². The Morgan fingerprint density at radius 2 is 2.25 bits per heavy atom. The van der Waals surface area contributed by atoms with Crippen molar-refractivity contribution in [2.75, 3.05) is 26.2 Å². The number of carbonyl (C=O) groups is 1. The topological polar surface area (TPSA) is 56.1 Å². The van der Waals surface area contributed by atoms with Crippen LogP contribution in [0.1, 0.15) is 33.1 Å². The minimum absolute atomic E-state index is 0.128. The van der Waals surface area contributed by atoms with Gasteiger partial charge in [0.25, 0.3) is 0 Å². The van der Waals surface area contributed by atoms with E-state index in [0.29, 0.717) is 6.54 Å². The molecule has 0 radical (unpaired) electrons. The molecule has 1 heterocycles. The summed E-state index contributed by atoms with van der Waals surface area (Å²) in [4.78, 5) is 13.3. The predicted molar refractivity (Wildman–Crippen MR) is 62.7 cm³/mol. The average Bonchev–Trinajstić information content (AvgIpc) is 2.25. The van der Waals surface area contributed by atoms with Gasteiger partial charge >= 0.3 is 0 Å². The number of hydrogen-bond acceptors (Lipinski definition) is 3. The van der Waals surface area contributed by atoms with Crippen LogP contribution < -0.4 is 5.32 Å². The van der Waals surface area contributed by atoms with Crippen molar-refractivity contribution in [3.05, 3.63) is 0 Å². The molecule has 1 aliphatic rings. The van der Waals surface area contributed by atoms with Crippen LogP contribution in [0, 0.1) is 16.7 Å². The number of piperazine rings is 1. The Balaban J connectivity index is 2.12. The highest BCUT2D eigenvalue weighted by Crippen LogP contribution is 2.21. The molecule has 90 valence electrons. The van der Waals surface area contributed by atoms with Crippen LogP contribution in [0.15, 0.2) is 0 Å². The Hall–Kier alpha value is -1.08. The highest BCUT2D eigenvalue weighted by Gasteiger charge is 2.17. The maximum Gasteiger partial charge on any atom is 0.234 e. The quantitative estimate of drug-likeness (QED) is 0.711. The number of nitrogens with one attached hydrogen (secondary N) is 1. The van der Waals surface area contributed by atoms with Crippen molar-refractivity contribution >= 4 is 5.91 Å². The summed E-state index contributed by atoms with van der Waals surface area (Å²) in [5, 5.41) is 11.7. The summed E-state index contributed by atoms with van der Waals surface area (Å²) in [6.45, 7) is 7.16. The number of nitriles is 1. The Morgan fingerprint density at radius 1 is 1.50 bits per heavy atom. The van der Waals surface area contributed by atoms with Gasteiger partial charge in [0.05, 0.1) is 18.0 Å². The largest absolute Gasteiger partial charge is 0.354 e. The van der Waals surface area contributed by atoms with Crippen LogP contribution in [0.5, 0.6) is 0 Å². The van der Waals surface area contributed by atoms with Crippen LogP contribution >= 0.6 is 0 Å². The zero-order valence-electron chi connectivity index (χ0n) is 10.3. The Kier molecular flexibility index (Phi) is 4.75. The highest BCUT2D eigenvalue weighted by atomic mass is 16.2. The molecule has 0 saturated carbocycles. The summed E-state index contributed by atoms with van der Waals surface area (Å²) < 4.78 is 0. The molecule has 0 unspecified atom stereocenters. The molecule has 1 fully saturated rings. The molecule has 0 aromatic rings. The van der Waals surface area contributed by atoms with Gasteiger partial charge < -0.3 is 5.32 Å². The minimum Gasteiger partial charge on any atom is -0.354 e. The van der Waals surface area contributed by atoms with Gasteiger partial charge in [-0.3, -0.25) is 9.69 Å². The van der Waals surface area contributed by atoms with Crippen molar-refractivity contribution < 1.29 is 4.79 Å². The third-order valence-electron chi connectivity index (χ3n) is 2.95. The molecule has 0 atom stereocenters. The van der Waals surface area contributed by atoms with Gasteiger partial charge in [-0.1, -0.05) is 6.42 Å². The van der Waals surface area contributed by atoms with Crippen molar-refractivity contribution in [1.82, 2.24) is 10.2 Å². The predicted octanol–water partition coefficient (Wildman–Crippen LogP) is 1.14. The first-order valence-electron chi connectivity index (χ1n) is 5.94. The number of carbonyl (C=O) groups excluding carboxylic acids is 1. The molecule has 1 rings (SSSR count). The number of unbranched alkanes of at least 4 members (excludes halogenated alkanes) is 1. The number of amides is 1. The highest BCUT2D eigenvalue weighted by molar-refractivity contribution is 5.78. The van der Waals surface area contributed by atoms with E-state index in [1.165, 1.54) is 0 Å². The molecule has 0 aromatic heterocycles. The van der Waals surface area contributed by atoms with Crippen LogP contribution in [-0.4, -0.2) is 37.0 Å². The fourth-order valence-electron chi connectivity index (χ4n) is 1.84. The van der Waals surface area contributed by atoms with E-state index in [2.05, 4.69) is 16.3 Å². The van der Waals surface area contributed by atoms with Gasteiger partial charge in [0.2, 0.25) is 5.91 Å². The van der Waals surface area contributed by atoms with Crippen LogP contribution in [0.3, 0.4) is 0 Å². The fraction of sp³-hybridized carbons (Fsp3) is 0.833. The second-order valence-corrected chi connectivity index (χ2v) is 5.08. The van der Waals surface area contributed by atoms with Gasteiger partial charge in [-0.05, 0) is 33.2 Å². The lowest BCUT2D eigenvalue weighted by Crippen LogP contribution is -2.47. The maximum atomic E-state index is 11.1. The fourth-order valence-corrected chi connectivity index (χ4v) is 1.84. The second kappa shape index (κ2) is 5.86. The van der Waals surface area contributed by atoms with Crippen LogP contribution in [0.2, 0.25) is 0 Å². The number of hydrogen-bond donors (Lipinski definition) is 1. The molecule has 0 aromatic carbocycles. The summed E-state index contributed by atoms with van der Waals surface area (Å²) in [6.07, 6.45) is 3.06. The summed E-state index contributed by atoms with van der Waals surface area (Å²) in [6, 6.07) is 2.31. The zero-order chi connectivity index (χ0) is 12.0. The number of rotatable bonds is 5. The minimum atomic E-state index is -0.209. The SMILES string of the molecule is CC(C)(C#N)CCCCN1CCNC(=O)C1. The lowest BCUT2D eigenvalue weighted by Gasteiger charge is -2.26. The molecular formula is C12H21N3O. The first kappa shape index (κ1) is 13.0. The van der Waals surface area contributed by atoms with E-state index < -0.39 is 0 Å². The normalized spacial score (nSPS) is 17.9. The number of nitrogens with zero attached hydrogens (tertiary/aromatic N) is 2. The molecule has 1 saturated heterocycles. The van der Waals surface area contributed by atoms with Gasteiger partial charge in [0, 0.05) is 13.1 Å². The molecule has 4 nitrogen and oxygen atoms in total. The summed E-state index contributed by atoms with van der Waals surface area (Å²) in [7, 11) is 0. The van der Waals surface area contributed by atoms with Crippen molar-refractivity contribution in [1.29, 1.82) is 5.26 Å². The van der Waals surface area contributed by atoms with Gasteiger partial charge in [-0.2, -0.15) is 5.26 Å². The molecule has 1 amide bonds. The monoisotopic (exact) mass is 223 g/mol. The van der Waals surface area contributed by atoms with E-state index in [-0.39, 0.29) is 11.3 Å². The van der Waals surface area contributed by atoms with E-state index in [4.69, 9.17) is 5.26 Å². The van der Waals surface area contributed by atoms with Crippen molar-refractivity contribution in [3.8, 4) is 6.07 Å². The molecule has 0 bridgehead atoms. The molecule has 1 aliphatic heterocycles. The molecular weight excluding hydrogens is 202 g/mol. The van der Waals surface area contributed by atoms with Gasteiger partial charge in [0.15, 0.2) is 0 Å². The maximum absolute atomic E-state index is 11.1. The van der Waals surface area contributed by atoms with E-state index in [1.807, 2.05) is 13.8 Å². The summed E-state index contributed by atoms with van der Waals surface area (Å²) in [5.74, 6) is 0.128. The molecule has 4 heteroatoms. The molecule has 0 aliphatic carbocycles. The summed E-state index contributed by atoms with van der Waals surface area (Å²) in [5.41, 5.74) is -0.209. The smallest absolute Gasteiger partial charge is 0.234 e. The Morgan fingerprint density at radius 3 is 2.88 bits per heavy atom. The third-order valence-corrected chi connectivity index (χ3v) is 2.95. The standard InChI is InChI=1S/C12H21N3O/c1-12(2,10-13)5-3-4-7-15-8-6-14-11(16)9-15/h3-9H2,1-2H3,(H,14,16). The lowest BCUT2D eigenvalue weighted by molar-refractivity contribution is -0.124. The van der Waals surface area contributed by atoms with E-state index in [0.717, 1.165) is 38.9 Å². The first-order chi connectivity index (χ1) is 7.53. The Labute approximate surface area is 97.6 Å². The molecule has 1 N–H and O–H groups in total. The van der Waals surface area contributed by atoms with E-state index >= 15 is 0 Å².